The number of carbonyl (C=O) groups excluding carboxylic acids is 1. The maximum atomic E-state index is 13.3. The van der Waals surface area contributed by atoms with Crippen molar-refractivity contribution in [3.8, 4) is 5.75 Å². The van der Waals surface area contributed by atoms with E-state index in [2.05, 4.69) is 12.1 Å². The fraction of sp³-hybridized carbons (Fsp3) is 0.458. The minimum atomic E-state index is -3.88. The van der Waals surface area contributed by atoms with Gasteiger partial charge < -0.3 is 9.47 Å². The number of nitrogens with zero attached hydrogens (tertiary/aromatic N) is 2. The largest absolute Gasteiger partial charge is 0.497 e. The lowest BCUT2D eigenvalue weighted by atomic mass is 10.1. The highest BCUT2D eigenvalue weighted by Crippen LogP contribution is 2.27. The highest BCUT2D eigenvalue weighted by Gasteiger charge is 2.40. The van der Waals surface area contributed by atoms with E-state index in [0.717, 1.165) is 32.1 Å². The monoisotopic (exact) mass is 460 g/mol. The first-order valence-electron chi connectivity index (χ1n) is 11.0. The van der Waals surface area contributed by atoms with Crippen LogP contribution in [-0.4, -0.2) is 52.0 Å². The van der Waals surface area contributed by atoms with Crippen molar-refractivity contribution >= 4 is 21.9 Å². The number of hydrogen-bond donors (Lipinski definition) is 0. The molecule has 2 aromatic rings. The van der Waals surface area contributed by atoms with Crippen LogP contribution in [0.1, 0.15) is 37.7 Å². The molecule has 8 heteroatoms. The highest BCUT2D eigenvalue weighted by atomic mass is 32.2. The van der Waals surface area contributed by atoms with Gasteiger partial charge in [-0.15, -0.1) is 0 Å². The van der Waals surface area contributed by atoms with E-state index in [1.807, 2.05) is 18.2 Å². The number of piperidine rings is 1. The molecule has 0 spiro atoms. The standard InChI is InChI=1S/C24H32N2O5S/c1-25(21-14-16-22(30-2)17-15-21)32(28,29)26-18-8-6-13-23(26)24(27)31-19-9-7-12-20-10-4-3-5-11-20/h3-5,10-11,14-17,23H,6-9,12-13,18-19H2,1-2H3/t23-/m0/s1. The maximum absolute atomic E-state index is 13.3. The minimum absolute atomic E-state index is 0.296. The van der Waals surface area contributed by atoms with Gasteiger partial charge in [0.25, 0.3) is 0 Å². The molecule has 1 aliphatic heterocycles. The lowest BCUT2D eigenvalue weighted by Crippen LogP contribution is -2.53. The Bertz CT molecular complexity index is 964. The quantitative estimate of drug-likeness (QED) is 0.398. The summed E-state index contributed by atoms with van der Waals surface area (Å²) in [7, 11) is -0.821. The number of methoxy groups -OCH3 is 1. The van der Waals surface area contributed by atoms with Gasteiger partial charge in [0.15, 0.2) is 0 Å². The smallest absolute Gasteiger partial charge is 0.324 e. The van der Waals surface area contributed by atoms with Crippen molar-refractivity contribution in [2.45, 2.75) is 44.6 Å². The molecule has 2 aromatic carbocycles. The van der Waals surface area contributed by atoms with E-state index >= 15 is 0 Å². The van der Waals surface area contributed by atoms with E-state index < -0.39 is 22.2 Å². The number of benzene rings is 2. The summed E-state index contributed by atoms with van der Waals surface area (Å²) in [6.07, 6.45) is 4.56. The van der Waals surface area contributed by atoms with Crippen molar-refractivity contribution in [2.24, 2.45) is 0 Å². The molecule has 174 valence electrons. The Labute approximate surface area is 191 Å². The van der Waals surface area contributed by atoms with Crippen molar-refractivity contribution in [3.05, 3.63) is 60.2 Å². The number of anilines is 1. The number of hydrogen-bond acceptors (Lipinski definition) is 5. The molecule has 0 bridgehead atoms. The topological polar surface area (TPSA) is 76.2 Å². The molecule has 0 amide bonds. The summed E-state index contributed by atoms with van der Waals surface area (Å²) in [6, 6.07) is 16.2. The summed E-state index contributed by atoms with van der Waals surface area (Å²) in [5.41, 5.74) is 1.76. The third-order valence-electron chi connectivity index (χ3n) is 5.75. The van der Waals surface area contributed by atoms with Crippen LogP contribution in [0.15, 0.2) is 54.6 Å². The minimum Gasteiger partial charge on any atom is -0.497 e. The number of aryl methyl sites for hydroxylation is 1. The van der Waals surface area contributed by atoms with Gasteiger partial charge >= 0.3 is 16.2 Å². The third kappa shape index (κ3) is 6.01. The summed E-state index contributed by atoms with van der Waals surface area (Å²) in [5.74, 6) is 0.183. The van der Waals surface area contributed by atoms with Crippen LogP contribution in [-0.2, 0) is 26.2 Å². The Morgan fingerprint density at radius 2 is 1.78 bits per heavy atom. The summed E-state index contributed by atoms with van der Waals surface area (Å²) >= 11 is 0. The van der Waals surface area contributed by atoms with Gasteiger partial charge in [-0.25, -0.2) is 0 Å². The maximum Gasteiger partial charge on any atom is 0.324 e. The zero-order valence-electron chi connectivity index (χ0n) is 18.8. The second-order valence-electron chi connectivity index (χ2n) is 7.91. The lowest BCUT2D eigenvalue weighted by molar-refractivity contribution is -0.149. The van der Waals surface area contributed by atoms with E-state index in [1.165, 1.54) is 21.2 Å². The number of esters is 1. The second-order valence-corrected chi connectivity index (χ2v) is 9.82. The molecule has 7 nitrogen and oxygen atoms in total. The van der Waals surface area contributed by atoms with Crippen molar-refractivity contribution in [3.63, 3.8) is 0 Å². The first kappa shape index (κ1) is 24.1. The molecule has 0 aliphatic carbocycles. The van der Waals surface area contributed by atoms with Crippen LogP contribution in [0.25, 0.3) is 0 Å². The molecular weight excluding hydrogens is 428 g/mol. The van der Waals surface area contributed by atoms with Crippen LogP contribution in [0, 0.1) is 0 Å². The molecule has 0 aromatic heterocycles. The molecule has 1 fully saturated rings. The average Bonchev–Trinajstić information content (AvgIpc) is 2.84. The van der Waals surface area contributed by atoms with E-state index in [9.17, 15) is 13.2 Å². The van der Waals surface area contributed by atoms with Crippen LogP contribution in [0.2, 0.25) is 0 Å². The van der Waals surface area contributed by atoms with Crippen LogP contribution < -0.4 is 9.04 Å². The normalized spacial score (nSPS) is 17.0. The predicted octanol–water partition coefficient (Wildman–Crippen LogP) is 3.80. The first-order chi connectivity index (χ1) is 15.4. The Hall–Kier alpha value is -2.58. The van der Waals surface area contributed by atoms with Gasteiger partial charge in [0.1, 0.15) is 11.8 Å². The molecule has 1 aliphatic rings. The molecule has 1 heterocycles. The lowest BCUT2D eigenvalue weighted by Gasteiger charge is -2.36. The zero-order chi connectivity index (χ0) is 23.0. The first-order valence-corrected chi connectivity index (χ1v) is 12.4. The summed E-state index contributed by atoms with van der Waals surface area (Å²) < 4.78 is 39.7. The van der Waals surface area contributed by atoms with E-state index in [-0.39, 0.29) is 0 Å². The van der Waals surface area contributed by atoms with Crippen LogP contribution in [0.3, 0.4) is 0 Å². The SMILES string of the molecule is COc1ccc(N(C)S(=O)(=O)N2CCCC[C@H]2C(=O)OCCCCc2ccccc2)cc1. The van der Waals surface area contributed by atoms with E-state index in [1.54, 1.807) is 31.4 Å². The Morgan fingerprint density at radius 3 is 2.47 bits per heavy atom. The second kappa shape index (κ2) is 11.3. The molecule has 1 saturated heterocycles. The highest BCUT2D eigenvalue weighted by molar-refractivity contribution is 7.90. The number of carbonyl (C=O) groups is 1. The van der Waals surface area contributed by atoms with Gasteiger partial charge in [0.05, 0.1) is 19.4 Å². The Kier molecular flexibility index (Phi) is 8.53. The van der Waals surface area contributed by atoms with Crippen molar-refractivity contribution in [1.29, 1.82) is 0 Å². The van der Waals surface area contributed by atoms with Gasteiger partial charge in [-0.2, -0.15) is 12.7 Å². The molecule has 1 atom stereocenters. The van der Waals surface area contributed by atoms with Gasteiger partial charge in [0, 0.05) is 13.6 Å². The van der Waals surface area contributed by atoms with Gasteiger partial charge in [-0.3, -0.25) is 9.10 Å². The Balaban J connectivity index is 1.57. The van der Waals surface area contributed by atoms with Gasteiger partial charge in [-0.1, -0.05) is 30.3 Å². The van der Waals surface area contributed by atoms with Gasteiger partial charge in [-0.05, 0) is 68.4 Å². The summed E-state index contributed by atoms with van der Waals surface area (Å²) in [5, 5.41) is 0. The molecule has 0 N–H and O–H groups in total. The number of unbranched alkanes of at least 4 members (excludes halogenated alkanes) is 1. The third-order valence-corrected chi connectivity index (χ3v) is 7.68. The van der Waals surface area contributed by atoms with Crippen LogP contribution in [0.4, 0.5) is 5.69 Å². The average molecular weight is 461 g/mol. The molecular formula is C24H32N2O5S. The van der Waals surface area contributed by atoms with E-state index in [4.69, 9.17) is 9.47 Å². The molecule has 0 saturated carbocycles. The predicted molar refractivity (Wildman–Crippen MR) is 125 cm³/mol. The summed E-state index contributed by atoms with van der Waals surface area (Å²) in [6.45, 7) is 0.598. The summed E-state index contributed by atoms with van der Waals surface area (Å²) in [4.78, 5) is 12.8. The molecule has 3 rings (SSSR count). The fourth-order valence-electron chi connectivity index (χ4n) is 3.84. The van der Waals surface area contributed by atoms with Crippen molar-refractivity contribution in [1.82, 2.24) is 4.31 Å². The zero-order valence-corrected chi connectivity index (χ0v) is 19.6. The van der Waals surface area contributed by atoms with Gasteiger partial charge in [0.2, 0.25) is 0 Å². The number of rotatable bonds is 10. The molecule has 0 radical (unpaired) electrons. The Morgan fingerprint density at radius 1 is 1.06 bits per heavy atom. The fourth-order valence-corrected chi connectivity index (χ4v) is 5.42. The number of ether oxygens (including phenoxy) is 2. The van der Waals surface area contributed by atoms with Crippen LogP contribution in [0.5, 0.6) is 5.75 Å². The molecule has 0 unspecified atom stereocenters. The molecule has 32 heavy (non-hydrogen) atoms. The van der Waals surface area contributed by atoms with Crippen molar-refractivity contribution < 1.29 is 22.7 Å². The van der Waals surface area contributed by atoms with Crippen molar-refractivity contribution in [2.75, 3.05) is 31.6 Å². The van der Waals surface area contributed by atoms with Crippen LogP contribution >= 0.6 is 0 Å². The van der Waals surface area contributed by atoms with E-state index in [0.29, 0.717) is 31.0 Å².